The van der Waals surface area contributed by atoms with Gasteiger partial charge in [-0.2, -0.15) is 0 Å². The number of hydrogen-bond acceptors (Lipinski definition) is 3. The molecule has 1 aliphatic heterocycles. The molecule has 2 rings (SSSR count). The fourth-order valence-electron chi connectivity index (χ4n) is 2.06. The zero-order valence-corrected chi connectivity index (χ0v) is 9.68. The van der Waals surface area contributed by atoms with Gasteiger partial charge in [-0.15, -0.1) is 0 Å². The van der Waals surface area contributed by atoms with E-state index in [-0.39, 0.29) is 18.2 Å². The van der Waals surface area contributed by atoms with E-state index in [1.165, 1.54) is 6.26 Å². The van der Waals surface area contributed by atoms with E-state index < -0.39 is 11.9 Å². The van der Waals surface area contributed by atoms with Gasteiger partial charge in [0, 0.05) is 13.1 Å². The summed E-state index contributed by atoms with van der Waals surface area (Å²) in [5.41, 5.74) is 0.889. The molecular weight excluding hydrogens is 222 g/mol. The molecule has 1 aliphatic rings. The number of aliphatic carboxylic acids is 1. The standard InChI is InChI=1S/C12H15NO4/c1-8-5-10(17-7-8)11(14)13-4-2-3-9(6-13)12(15)16/h5,7,9H,2-4,6H2,1H3,(H,15,16). The van der Waals surface area contributed by atoms with E-state index in [9.17, 15) is 9.59 Å². The van der Waals surface area contributed by atoms with Crippen molar-refractivity contribution in [1.82, 2.24) is 4.90 Å². The SMILES string of the molecule is Cc1coc(C(=O)N2CCCC(C(=O)O)C2)c1. The third-order valence-corrected chi connectivity index (χ3v) is 3.00. The van der Waals surface area contributed by atoms with Gasteiger partial charge in [0.2, 0.25) is 0 Å². The first-order valence-corrected chi connectivity index (χ1v) is 5.65. The number of hydrogen-bond donors (Lipinski definition) is 1. The van der Waals surface area contributed by atoms with Gasteiger partial charge in [0.05, 0.1) is 12.2 Å². The van der Waals surface area contributed by atoms with Crippen molar-refractivity contribution in [3.63, 3.8) is 0 Å². The van der Waals surface area contributed by atoms with E-state index in [1.54, 1.807) is 11.0 Å². The largest absolute Gasteiger partial charge is 0.481 e. The van der Waals surface area contributed by atoms with E-state index in [4.69, 9.17) is 9.52 Å². The number of carbonyl (C=O) groups is 2. The first kappa shape index (κ1) is 11.7. The number of carbonyl (C=O) groups excluding carboxylic acids is 1. The fourth-order valence-corrected chi connectivity index (χ4v) is 2.06. The summed E-state index contributed by atoms with van der Waals surface area (Å²) in [6.45, 7) is 2.72. The minimum Gasteiger partial charge on any atom is -0.481 e. The average Bonchev–Trinajstić information content (AvgIpc) is 2.75. The lowest BCUT2D eigenvalue weighted by atomic mass is 9.98. The molecule has 1 aromatic rings. The first-order valence-electron chi connectivity index (χ1n) is 5.65. The highest BCUT2D eigenvalue weighted by molar-refractivity contribution is 5.92. The molecule has 5 heteroatoms. The summed E-state index contributed by atoms with van der Waals surface area (Å²) in [7, 11) is 0. The summed E-state index contributed by atoms with van der Waals surface area (Å²) in [4.78, 5) is 24.5. The Kier molecular flexibility index (Phi) is 3.17. The molecule has 1 saturated heterocycles. The van der Waals surface area contributed by atoms with Crippen LogP contribution in [0.1, 0.15) is 29.0 Å². The molecule has 0 aromatic carbocycles. The van der Waals surface area contributed by atoms with Crippen LogP contribution >= 0.6 is 0 Å². The summed E-state index contributed by atoms with van der Waals surface area (Å²) in [6.07, 6.45) is 2.88. The Hall–Kier alpha value is -1.78. The lowest BCUT2D eigenvalue weighted by Crippen LogP contribution is -2.42. The second-order valence-corrected chi connectivity index (χ2v) is 4.42. The van der Waals surface area contributed by atoms with Crippen LogP contribution in [0.4, 0.5) is 0 Å². The number of likely N-dealkylation sites (tertiary alicyclic amines) is 1. The Labute approximate surface area is 99.0 Å². The number of carboxylic acids is 1. The van der Waals surface area contributed by atoms with Crippen LogP contribution in [0, 0.1) is 12.8 Å². The zero-order chi connectivity index (χ0) is 12.4. The van der Waals surface area contributed by atoms with Gasteiger partial charge in [0.15, 0.2) is 5.76 Å². The molecule has 1 aromatic heterocycles. The van der Waals surface area contributed by atoms with Gasteiger partial charge >= 0.3 is 5.97 Å². The van der Waals surface area contributed by atoms with Crippen molar-refractivity contribution < 1.29 is 19.1 Å². The number of nitrogens with zero attached hydrogens (tertiary/aromatic N) is 1. The molecule has 0 saturated carbocycles. The molecule has 2 heterocycles. The van der Waals surface area contributed by atoms with Gasteiger partial charge in [-0.05, 0) is 31.4 Å². The zero-order valence-electron chi connectivity index (χ0n) is 9.68. The van der Waals surface area contributed by atoms with Crippen molar-refractivity contribution >= 4 is 11.9 Å². The van der Waals surface area contributed by atoms with Gasteiger partial charge in [-0.1, -0.05) is 0 Å². The van der Waals surface area contributed by atoms with Crippen LogP contribution in [0.5, 0.6) is 0 Å². The molecule has 92 valence electrons. The molecule has 0 aliphatic carbocycles. The molecule has 1 atom stereocenters. The maximum atomic E-state index is 12.0. The smallest absolute Gasteiger partial charge is 0.308 e. The Morgan fingerprint density at radius 1 is 1.53 bits per heavy atom. The highest BCUT2D eigenvalue weighted by atomic mass is 16.4. The number of aryl methyl sites for hydroxylation is 1. The second-order valence-electron chi connectivity index (χ2n) is 4.42. The topological polar surface area (TPSA) is 70.8 Å². The number of rotatable bonds is 2. The molecule has 0 spiro atoms. The van der Waals surface area contributed by atoms with Crippen molar-refractivity contribution in [2.45, 2.75) is 19.8 Å². The Balaban J connectivity index is 2.07. The predicted molar refractivity (Wildman–Crippen MR) is 59.7 cm³/mol. The van der Waals surface area contributed by atoms with E-state index in [1.807, 2.05) is 6.92 Å². The molecule has 1 N–H and O–H groups in total. The molecule has 0 bridgehead atoms. The van der Waals surface area contributed by atoms with Crippen molar-refractivity contribution in [3.05, 3.63) is 23.7 Å². The van der Waals surface area contributed by atoms with Crippen LogP contribution < -0.4 is 0 Å². The molecule has 1 unspecified atom stereocenters. The van der Waals surface area contributed by atoms with Crippen LogP contribution in [0.2, 0.25) is 0 Å². The Morgan fingerprint density at radius 3 is 2.88 bits per heavy atom. The van der Waals surface area contributed by atoms with Gasteiger partial charge < -0.3 is 14.4 Å². The normalized spacial score (nSPS) is 20.3. The van der Waals surface area contributed by atoms with E-state index in [2.05, 4.69) is 0 Å². The van der Waals surface area contributed by atoms with Crippen molar-refractivity contribution in [1.29, 1.82) is 0 Å². The lowest BCUT2D eigenvalue weighted by Gasteiger charge is -2.29. The third kappa shape index (κ3) is 2.49. The summed E-state index contributed by atoms with van der Waals surface area (Å²) in [6, 6.07) is 1.67. The number of piperidine rings is 1. The van der Waals surface area contributed by atoms with Gasteiger partial charge in [0.1, 0.15) is 0 Å². The van der Waals surface area contributed by atoms with E-state index in [0.717, 1.165) is 12.0 Å². The number of carboxylic acid groups (broad SMARTS) is 1. The molecule has 1 amide bonds. The molecule has 0 radical (unpaired) electrons. The second kappa shape index (κ2) is 4.61. The summed E-state index contributed by atoms with van der Waals surface area (Å²) in [5, 5.41) is 8.95. The first-order chi connectivity index (χ1) is 8.08. The minimum absolute atomic E-state index is 0.218. The van der Waals surface area contributed by atoms with Crippen LogP contribution in [0.25, 0.3) is 0 Å². The van der Waals surface area contributed by atoms with Crippen molar-refractivity contribution in [2.24, 2.45) is 5.92 Å². The van der Waals surface area contributed by atoms with Crippen LogP contribution in [0.3, 0.4) is 0 Å². The lowest BCUT2D eigenvalue weighted by molar-refractivity contribution is -0.143. The van der Waals surface area contributed by atoms with Gasteiger partial charge in [-0.3, -0.25) is 9.59 Å². The molecule has 1 fully saturated rings. The molecular formula is C12H15NO4. The monoisotopic (exact) mass is 237 g/mol. The number of furan rings is 1. The predicted octanol–water partition coefficient (Wildman–Crippen LogP) is 1.52. The van der Waals surface area contributed by atoms with Crippen molar-refractivity contribution in [3.8, 4) is 0 Å². The van der Waals surface area contributed by atoms with Gasteiger partial charge in [0.25, 0.3) is 5.91 Å². The average molecular weight is 237 g/mol. The highest BCUT2D eigenvalue weighted by Gasteiger charge is 2.29. The molecule has 5 nitrogen and oxygen atoms in total. The fraction of sp³-hybridized carbons (Fsp3) is 0.500. The number of amides is 1. The van der Waals surface area contributed by atoms with Crippen LogP contribution in [-0.2, 0) is 4.79 Å². The maximum absolute atomic E-state index is 12.0. The summed E-state index contributed by atoms with van der Waals surface area (Å²) in [5.74, 6) is -1.22. The van der Waals surface area contributed by atoms with Gasteiger partial charge in [-0.25, -0.2) is 0 Å². The maximum Gasteiger partial charge on any atom is 0.308 e. The molecule has 17 heavy (non-hydrogen) atoms. The highest BCUT2D eigenvalue weighted by Crippen LogP contribution is 2.19. The van der Waals surface area contributed by atoms with E-state index >= 15 is 0 Å². The third-order valence-electron chi connectivity index (χ3n) is 3.00. The Morgan fingerprint density at radius 2 is 2.29 bits per heavy atom. The minimum atomic E-state index is -0.835. The summed E-state index contributed by atoms with van der Waals surface area (Å²) < 4.78 is 5.14. The van der Waals surface area contributed by atoms with Crippen LogP contribution in [-0.4, -0.2) is 35.0 Å². The quantitative estimate of drug-likeness (QED) is 0.846. The Bertz CT molecular complexity index is 437. The van der Waals surface area contributed by atoms with E-state index in [0.29, 0.717) is 13.0 Å². The van der Waals surface area contributed by atoms with Crippen LogP contribution in [0.15, 0.2) is 16.7 Å². The summed E-state index contributed by atoms with van der Waals surface area (Å²) >= 11 is 0. The van der Waals surface area contributed by atoms with Crippen molar-refractivity contribution in [2.75, 3.05) is 13.1 Å².